The normalized spacial score (nSPS) is 17.7. The van der Waals surface area contributed by atoms with Crippen LogP contribution in [0.2, 0.25) is 0 Å². The molecule has 1 atom stereocenters. The number of carbonyl (C=O) groups excluding carboxylic acids is 1. The molecular formula is C29H36F2N4O6. The number of aliphatic hydroxyl groups is 1. The topological polar surface area (TPSA) is 98.5 Å². The first-order valence-corrected chi connectivity index (χ1v) is 13.3. The summed E-state index contributed by atoms with van der Waals surface area (Å²) in [5.41, 5.74) is -0.569. The number of benzene rings is 2. The van der Waals surface area contributed by atoms with Gasteiger partial charge in [0.25, 0.3) is 0 Å². The van der Waals surface area contributed by atoms with Gasteiger partial charge in [-0.05, 0) is 36.2 Å². The Morgan fingerprint density at radius 2 is 1.90 bits per heavy atom. The Bertz CT molecular complexity index is 1280. The first-order chi connectivity index (χ1) is 19.8. The van der Waals surface area contributed by atoms with Crippen LogP contribution in [0.4, 0.5) is 8.78 Å². The molecule has 1 aromatic heterocycles. The number of aromatic nitrogens is 2. The van der Waals surface area contributed by atoms with Crippen LogP contribution in [0.15, 0.2) is 55.1 Å². The molecule has 1 aliphatic rings. The molecule has 4 rings (SSSR count). The molecule has 41 heavy (non-hydrogen) atoms. The van der Waals surface area contributed by atoms with Crippen molar-refractivity contribution in [2.75, 3.05) is 60.2 Å². The minimum atomic E-state index is -1.49. The van der Waals surface area contributed by atoms with E-state index in [1.807, 2.05) is 33.9 Å². The fourth-order valence-corrected chi connectivity index (χ4v) is 4.72. The van der Waals surface area contributed by atoms with E-state index in [-0.39, 0.29) is 38.0 Å². The number of hydrogen-bond acceptors (Lipinski definition) is 8. The largest absolute Gasteiger partial charge is 0.493 e. The zero-order valence-electron chi connectivity index (χ0n) is 23.3. The number of β-amino-alcohol motifs (C(OH)–C–C–N with tert-alkyl or cyclic N) is 1. The first kappa shape index (κ1) is 30.2. The zero-order chi connectivity index (χ0) is 29.2. The van der Waals surface area contributed by atoms with Crippen LogP contribution in [0.1, 0.15) is 12.0 Å². The Hall–Kier alpha value is -3.74. The molecule has 1 saturated heterocycles. The van der Waals surface area contributed by atoms with Crippen LogP contribution in [0.5, 0.6) is 17.2 Å². The molecule has 0 aliphatic carbocycles. The SMILES string of the molecule is COCC(=O)N1CCN(Cc2ccc(OCCCn3ccnc3)c(OC)c2)C[C@](O)(COc2ccc(F)c(F)c2)C1. The van der Waals surface area contributed by atoms with E-state index in [4.69, 9.17) is 18.9 Å². The molecule has 3 aromatic rings. The van der Waals surface area contributed by atoms with Crippen molar-refractivity contribution in [2.45, 2.75) is 25.1 Å². The Labute approximate surface area is 238 Å². The summed E-state index contributed by atoms with van der Waals surface area (Å²) >= 11 is 0. The first-order valence-electron chi connectivity index (χ1n) is 13.3. The molecule has 10 nitrogen and oxygen atoms in total. The highest BCUT2D eigenvalue weighted by Crippen LogP contribution is 2.29. The highest BCUT2D eigenvalue weighted by molar-refractivity contribution is 5.77. The van der Waals surface area contributed by atoms with Gasteiger partial charge in [0.1, 0.15) is 24.6 Å². The summed E-state index contributed by atoms with van der Waals surface area (Å²) in [5, 5.41) is 11.6. The lowest BCUT2D eigenvalue weighted by atomic mass is 10.0. The van der Waals surface area contributed by atoms with Crippen molar-refractivity contribution in [3.8, 4) is 17.2 Å². The van der Waals surface area contributed by atoms with Crippen molar-refractivity contribution >= 4 is 5.91 Å². The van der Waals surface area contributed by atoms with E-state index in [1.54, 1.807) is 19.6 Å². The highest BCUT2D eigenvalue weighted by atomic mass is 19.2. The molecule has 0 unspecified atom stereocenters. The average Bonchev–Trinajstić information content (AvgIpc) is 3.42. The summed E-state index contributed by atoms with van der Waals surface area (Å²) in [6.07, 6.45) is 6.21. The number of nitrogens with zero attached hydrogens (tertiary/aromatic N) is 4. The average molecular weight is 575 g/mol. The lowest BCUT2D eigenvalue weighted by molar-refractivity contribution is -0.138. The lowest BCUT2D eigenvalue weighted by Crippen LogP contribution is -2.52. The van der Waals surface area contributed by atoms with Crippen molar-refractivity contribution in [2.24, 2.45) is 0 Å². The smallest absolute Gasteiger partial charge is 0.248 e. The molecule has 12 heteroatoms. The third-order valence-electron chi connectivity index (χ3n) is 6.72. The molecule has 0 bridgehead atoms. The number of rotatable bonds is 13. The van der Waals surface area contributed by atoms with Crippen LogP contribution in [0, 0.1) is 11.6 Å². The predicted molar refractivity (Wildman–Crippen MR) is 146 cm³/mol. The molecule has 0 spiro atoms. The van der Waals surface area contributed by atoms with E-state index in [9.17, 15) is 18.7 Å². The Morgan fingerprint density at radius 1 is 1.05 bits per heavy atom. The quantitative estimate of drug-likeness (QED) is 0.312. The van der Waals surface area contributed by atoms with Gasteiger partial charge in [-0.1, -0.05) is 6.07 Å². The van der Waals surface area contributed by atoms with Gasteiger partial charge in [-0.3, -0.25) is 9.69 Å². The summed E-state index contributed by atoms with van der Waals surface area (Å²) in [6.45, 7) is 2.41. The molecule has 2 heterocycles. The molecule has 1 N–H and O–H groups in total. The molecule has 1 fully saturated rings. The number of carbonyl (C=O) groups is 1. The summed E-state index contributed by atoms with van der Waals surface area (Å²) < 4.78 is 51.2. The Morgan fingerprint density at radius 3 is 2.63 bits per heavy atom. The van der Waals surface area contributed by atoms with Crippen molar-refractivity contribution in [1.82, 2.24) is 19.4 Å². The van der Waals surface area contributed by atoms with Crippen LogP contribution in [-0.2, 0) is 22.6 Å². The Kier molecular flexibility index (Phi) is 10.5. The fraction of sp³-hybridized carbons (Fsp3) is 0.448. The van der Waals surface area contributed by atoms with Gasteiger partial charge in [0.15, 0.2) is 23.1 Å². The molecule has 222 valence electrons. The summed E-state index contributed by atoms with van der Waals surface area (Å²) in [5.74, 6) is -1.01. The second-order valence-electron chi connectivity index (χ2n) is 10.0. The summed E-state index contributed by atoms with van der Waals surface area (Å²) in [4.78, 5) is 20.2. The maximum absolute atomic E-state index is 13.7. The van der Waals surface area contributed by atoms with Crippen LogP contribution in [0.25, 0.3) is 0 Å². The summed E-state index contributed by atoms with van der Waals surface area (Å²) in [6, 6.07) is 8.86. The number of aryl methyl sites for hydroxylation is 1. The van der Waals surface area contributed by atoms with Gasteiger partial charge >= 0.3 is 0 Å². The number of ether oxygens (including phenoxy) is 4. The standard InChI is InChI=1S/C29H36F2N4O6/c1-38-17-28(36)35-12-11-34(18-29(37,19-35)20-41-23-5-6-24(30)25(31)15-23)16-22-4-7-26(27(14-22)39-2)40-13-3-9-33-10-8-32-21-33/h4-8,10,14-15,21,37H,3,9,11-13,16-20H2,1-2H3/t29-/m1/s1. The van der Waals surface area contributed by atoms with Gasteiger partial charge in [-0.15, -0.1) is 0 Å². The van der Waals surface area contributed by atoms with E-state index in [2.05, 4.69) is 4.98 Å². The van der Waals surface area contributed by atoms with Crippen LogP contribution >= 0.6 is 0 Å². The zero-order valence-corrected chi connectivity index (χ0v) is 23.3. The second kappa shape index (κ2) is 14.2. The van der Waals surface area contributed by atoms with E-state index in [1.165, 1.54) is 18.1 Å². The lowest BCUT2D eigenvalue weighted by Gasteiger charge is -2.33. The van der Waals surface area contributed by atoms with E-state index in [0.29, 0.717) is 37.7 Å². The van der Waals surface area contributed by atoms with Crippen molar-refractivity contribution in [3.63, 3.8) is 0 Å². The van der Waals surface area contributed by atoms with E-state index >= 15 is 0 Å². The van der Waals surface area contributed by atoms with Gasteiger partial charge in [-0.2, -0.15) is 0 Å². The van der Waals surface area contributed by atoms with Gasteiger partial charge in [0, 0.05) is 58.3 Å². The van der Waals surface area contributed by atoms with Gasteiger partial charge in [0.05, 0.1) is 26.6 Å². The van der Waals surface area contributed by atoms with Crippen molar-refractivity contribution < 1.29 is 37.6 Å². The third kappa shape index (κ3) is 8.62. The molecule has 1 aliphatic heterocycles. The van der Waals surface area contributed by atoms with Crippen LogP contribution < -0.4 is 14.2 Å². The number of amides is 1. The molecule has 1 amide bonds. The maximum Gasteiger partial charge on any atom is 0.248 e. The van der Waals surface area contributed by atoms with Gasteiger partial charge < -0.3 is 33.5 Å². The Balaban J connectivity index is 1.42. The molecule has 0 saturated carbocycles. The third-order valence-corrected chi connectivity index (χ3v) is 6.72. The van der Waals surface area contributed by atoms with Crippen LogP contribution in [-0.4, -0.2) is 96.2 Å². The number of halogens is 2. The van der Waals surface area contributed by atoms with Crippen LogP contribution in [0.3, 0.4) is 0 Å². The number of hydrogen-bond donors (Lipinski definition) is 1. The molecule has 0 radical (unpaired) electrons. The maximum atomic E-state index is 13.7. The van der Waals surface area contributed by atoms with Gasteiger partial charge in [-0.25, -0.2) is 13.8 Å². The molecular weight excluding hydrogens is 538 g/mol. The van der Waals surface area contributed by atoms with Crippen molar-refractivity contribution in [1.29, 1.82) is 0 Å². The number of methoxy groups -OCH3 is 2. The van der Waals surface area contributed by atoms with Crippen molar-refractivity contribution in [3.05, 3.63) is 72.3 Å². The van der Waals surface area contributed by atoms with E-state index in [0.717, 1.165) is 30.7 Å². The second-order valence-corrected chi connectivity index (χ2v) is 10.0. The van der Waals surface area contributed by atoms with Gasteiger partial charge in [0.2, 0.25) is 5.91 Å². The monoisotopic (exact) mass is 574 g/mol. The predicted octanol–water partition coefficient (Wildman–Crippen LogP) is 2.74. The molecule has 2 aromatic carbocycles. The highest BCUT2D eigenvalue weighted by Gasteiger charge is 2.37. The fourth-order valence-electron chi connectivity index (χ4n) is 4.72. The number of imidazole rings is 1. The van der Waals surface area contributed by atoms with E-state index < -0.39 is 17.2 Å². The minimum Gasteiger partial charge on any atom is -0.493 e. The summed E-state index contributed by atoms with van der Waals surface area (Å²) in [7, 11) is 3.01. The minimum absolute atomic E-state index is 0.00938.